The highest BCUT2D eigenvalue weighted by atomic mass is 19.1. The molecule has 0 atom stereocenters. The number of aliphatic carboxylic acids is 1. The number of unbranched alkanes of at least 4 members (excludes halogenated alkanes) is 2. The fraction of sp³-hybridized carbons (Fsp3) is 0.308. The lowest BCUT2D eigenvalue weighted by Gasteiger charge is -2.27. The van der Waals surface area contributed by atoms with Crippen LogP contribution in [-0.4, -0.2) is 23.8 Å². The molecule has 6 heteroatoms. The number of hydrogen-bond acceptors (Lipinski definition) is 3. The van der Waals surface area contributed by atoms with E-state index in [-0.39, 0.29) is 6.42 Å². The first-order valence-electron chi connectivity index (χ1n) is 10.8. The average Bonchev–Trinajstić information content (AvgIpc) is 2.94. The van der Waals surface area contributed by atoms with E-state index in [4.69, 9.17) is 5.11 Å². The van der Waals surface area contributed by atoms with Gasteiger partial charge in [-0.1, -0.05) is 44.5 Å². The summed E-state index contributed by atoms with van der Waals surface area (Å²) in [5, 5.41) is 8.82. The summed E-state index contributed by atoms with van der Waals surface area (Å²) in [6, 6.07) is 11.9. The van der Waals surface area contributed by atoms with Crippen LogP contribution in [-0.2, 0) is 10.2 Å². The SMILES string of the molecule is CC1(C)/C(=C\C=C\C=Nc2ccccc2)N(CCCCCC(=O)O)c2cc(F)cc(F)c21. The lowest BCUT2D eigenvalue weighted by atomic mass is 9.83. The first kappa shape index (κ1) is 23.4. The van der Waals surface area contributed by atoms with E-state index in [0.29, 0.717) is 24.2 Å². The van der Waals surface area contributed by atoms with Gasteiger partial charge < -0.3 is 10.0 Å². The number of anilines is 1. The van der Waals surface area contributed by atoms with Crippen LogP contribution in [0.25, 0.3) is 0 Å². The zero-order chi connectivity index (χ0) is 23.1. The summed E-state index contributed by atoms with van der Waals surface area (Å²) < 4.78 is 28.8. The smallest absolute Gasteiger partial charge is 0.303 e. The van der Waals surface area contributed by atoms with Crippen molar-refractivity contribution in [2.24, 2.45) is 4.99 Å². The second kappa shape index (κ2) is 10.4. The molecule has 3 rings (SSSR count). The molecule has 0 amide bonds. The average molecular weight is 439 g/mol. The Labute approximate surface area is 187 Å². The molecule has 168 valence electrons. The number of rotatable bonds is 9. The number of hydrogen-bond donors (Lipinski definition) is 1. The quantitative estimate of drug-likeness (QED) is 0.357. The molecule has 0 unspecified atom stereocenters. The Bertz CT molecular complexity index is 1040. The van der Waals surface area contributed by atoms with Crippen LogP contribution in [0.1, 0.15) is 45.1 Å². The van der Waals surface area contributed by atoms with E-state index in [0.717, 1.165) is 30.3 Å². The van der Waals surface area contributed by atoms with Crippen LogP contribution in [0.3, 0.4) is 0 Å². The van der Waals surface area contributed by atoms with Gasteiger partial charge in [-0.15, -0.1) is 0 Å². The Kier molecular flexibility index (Phi) is 7.57. The molecule has 4 nitrogen and oxygen atoms in total. The summed E-state index contributed by atoms with van der Waals surface area (Å²) >= 11 is 0. The van der Waals surface area contributed by atoms with Crippen LogP contribution in [0.4, 0.5) is 20.2 Å². The van der Waals surface area contributed by atoms with Crippen molar-refractivity contribution in [3.8, 4) is 0 Å². The van der Waals surface area contributed by atoms with Crippen LogP contribution in [0.15, 0.2) is 71.4 Å². The van der Waals surface area contributed by atoms with Crippen molar-refractivity contribution in [1.82, 2.24) is 0 Å². The molecular weight excluding hydrogens is 410 g/mol. The Morgan fingerprint density at radius 2 is 1.84 bits per heavy atom. The fourth-order valence-corrected chi connectivity index (χ4v) is 4.09. The second-order valence-corrected chi connectivity index (χ2v) is 8.31. The van der Waals surface area contributed by atoms with Crippen LogP contribution in [0.2, 0.25) is 0 Å². The molecule has 2 aromatic rings. The molecule has 0 radical (unpaired) electrons. The number of carboxylic acids is 1. The van der Waals surface area contributed by atoms with E-state index < -0.39 is 23.0 Å². The minimum absolute atomic E-state index is 0.123. The Morgan fingerprint density at radius 1 is 1.09 bits per heavy atom. The molecule has 0 aliphatic carbocycles. The number of allylic oxidation sites excluding steroid dienone is 4. The third-order valence-corrected chi connectivity index (χ3v) is 5.58. The number of benzene rings is 2. The van der Waals surface area contributed by atoms with Crippen LogP contribution in [0.5, 0.6) is 0 Å². The monoisotopic (exact) mass is 438 g/mol. The summed E-state index contributed by atoms with van der Waals surface area (Å²) in [5.41, 5.74) is 2.07. The molecule has 1 heterocycles. The number of aliphatic imine (C=N–C) groups is 1. The summed E-state index contributed by atoms with van der Waals surface area (Å²) in [5.74, 6) is -1.98. The maximum Gasteiger partial charge on any atom is 0.303 e. The maximum atomic E-state index is 14.8. The molecule has 1 aliphatic rings. The molecule has 0 bridgehead atoms. The summed E-state index contributed by atoms with van der Waals surface area (Å²) in [7, 11) is 0. The van der Waals surface area contributed by atoms with Gasteiger partial charge in [-0.2, -0.15) is 0 Å². The zero-order valence-corrected chi connectivity index (χ0v) is 18.4. The lowest BCUT2D eigenvalue weighted by molar-refractivity contribution is -0.137. The highest BCUT2D eigenvalue weighted by Gasteiger charge is 2.42. The minimum atomic E-state index is -0.815. The largest absolute Gasteiger partial charge is 0.481 e. The topological polar surface area (TPSA) is 52.9 Å². The van der Waals surface area contributed by atoms with E-state index in [1.54, 1.807) is 12.3 Å². The normalized spacial score (nSPS) is 16.4. The first-order valence-corrected chi connectivity index (χ1v) is 10.8. The van der Waals surface area contributed by atoms with E-state index >= 15 is 0 Å². The molecule has 0 saturated heterocycles. The standard InChI is InChI=1S/C26H28F2N2O2/c1-26(2)23(13-8-9-15-29-20-11-5-3-6-12-20)30(16-10-4-7-14-24(31)32)22-18-19(27)17-21(28)25(22)26/h3,5-6,8-9,11-13,15,17-18H,4,7,10,14,16H2,1-2H3,(H,31,32)/b9-8+,23-13+,29-15?. The van der Waals surface area contributed by atoms with Crippen LogP contribution in [0, 0.1) is 11.6 Å². The second-order valence-electron chi connectivity index (χ2n) is 8.31. The third-order valence-electron chi connectivity index (χ3n) is 5.58. The van der Waals surface area contributed by atoms with Crippen molar-refractivity contribution < 1.29 is 18.7 Å². The molecular formula is C26H28F2N2O2. The molecule has 0 aromatic heterocycles. The Morgan fingerprint density at radius 3 is 2.56 bits per heavy atom. The molecule has 0 fully saturated rings. The molecule has 0 spiro atoms. The number of carboxylic acid groups (broad SMARTS) is 1. The van der Waals surface area contributed by atoms with Gasteiger partial charge in [0, 0.05) is 41.9 Å². The van der Waals surface area contributed by atoms with Gasteiger partial charge in [0.1, 0.15) is 11.6 Å². The van der Waals surface area contributed by atoms with Crippen molar-refractivity contribution in [2.45, 2.75) is 44.9 Å². The number of nitrogens with zero attached hydrogens (tertiary/aromatic N) is 2. The minimum Gasteiger partial charge on any atom is -0.481 e. The third kappa shape index (κ3) is 5.49. The molecule has 1 aliphatic heterocycles. The van der Waals surface area contributed by atoms with Crippen molar-refractivity contribution >= 4 is 23.6 Å². The summed E-state index contributed by atoms with van der Waals surface area (Å²) in [4.78, 5) is 17.0. The number of halogens is 2. The lowest BCUT2D eigenvalue weighted by Crippen LogP contribution is -2.27. The van der Waals surface area contributed by atoms with Gasteiger partial charge in [-0.05, 0) is 43.2 Å². The maximum absolute atomic E-state index is 14.8. The van der Waals surface area contributed by atoms with Crippen LogP contribution >= 0.6 is 0 Å². The highest BCUT2D eigenvalue weighted by Crippen LogP contribution is 2.49. The van der Waals surface area contributed by atoms with Crippen LogP contribution < -0.4 is 4.90 Å². The van der Waals surface area contributed by atoms with Crippen molar-refractivity contribution in [3.63, 3.8) is 0 Å². The van der Waals surface area contributed by atoms with Gasteiger partial charge in [0.2, 0.25) is 0 Å². The molecule has 32 heavy (non-hydrogen) atoms. The van der Waals surface area contributed by atoms with Gasteiger partial charge in [0.25, 0.3) is 0 Å². The van der Waals surface area contributed by atoms with Gasteiger partial charge in [0.15, 0.2) is 0 Å². The predicted molar refractivity (Wildman–Crippen MR) is 125 cm³/mol. The van der Waals surface area contributed by atoms with Gasteiger partial charge in [-0.3, -0.25) is 9.79 Å². The zero-order valence-electron chi connectivity index (χ0n) is 18.4. The van der Waals surface area contributed by atoms with Gasteiger partial charge in [-0.25, -0.2) is 8.78 Å². The molecule has 0 saturated carbocycles. The van der Waals surface area contributed by atoms with Gasteiger partial charge >= 0.3 is 5.97 Å². The highest BCUT2D eigenvalue weighted by molar-refractivity contribution is 5.76. The Balaban J connectivity index is 1.83. The first-order chi connectivity index (χ1) is 15.3. The Hall–Kier alpha value is -3.28. The van der Waals surface area contributed by atoms with Crippen molar-refractivity contribution in [2.75, 3.05) is 11.4 Å². The predicted octanol–water partition coefficient (Wildman–Crippen LogP) is 6.55. The van der Waals surface area contributed by atoms with E-state index in [1.807, 2.05) is 61.2 Å². The van der Waals surface area contributed by atoms with E-state index in [2.05, 4.69) is 4.99 Å². The number of carbonyl (C=O) groups is 1. The van der Waals surface area contributed by atoms with Gasteiger partial charge in [0.05, 0.1) is 11.4 Å². The summed E-state index contributed by atoms with van der Waals surface area (Å²) in [6.07, 6.45) is 9.40. The van der Waals surface area contributed by atoms with Crippen molar-refractivity contribution in [3.05, 3.63) is 83.6 Å². The van der Waals surface area contributed by atoms with Crippen molar-refractivity contribution in [1.29, 1.82) is 0 Å². The van der Waals surface area contributed by atoms with E-state index in [1.165, 1.54) is 6.07 Å². The molecule has 1 N–H and O–H groups in total. The summed E-state index contributed by atoms with van der Waals surface area (Å²) in [6.45, 7) is 4.40. The number of fused-ring (bicyclic) bond motifs is 1. The number of para-hydroxylation sites is 1. The van der Waals surface area contributed by atoms with E-state index in [9.17, 15) is 13.6 Å². The molecule has 2 aromatic carbocycles. The fourth-order valence-electron chi connectivity index (χ4n) is 4.09.